The first-order chi connectivity index (χ1) is 12.1. The van der Waals surface area contributed by atoms with Gasteiger partial charge in [-0.25, -0.2) is 13.8 Å². The van der Waals surface area contributed by atoms with Crippen LogP contribution in [0.5, 0.6) is 0 Å². The Kier molecular flexibility index (Phi) is 5.50. The maximum Gasteiger partial charge on any atom is 0.220 e. The van der Waals surface area contributed by atoms with Crippen LogP contribution in [0.15, 0.2) is 53.9 Å². The number of nitrogens with zero attached hydrogens (tertiary/aromatic N) is 1. The summed E-state index contributed by atoms with van der Waals surface area (Å²) < 4.78 is 26.6. The van der Waals surface area contributed by atoms with E-state index in [0.717, 1.165) is 11.3 Å². The van der Waals surface area contributed by atoms with Crippen molar-refractivity contribution in [1.29, 1.82) is 0 Å². The number of hydrogen-bond donors (Lipinski definition) is 1. The second-order valence-electron chi connectivity index (χ2n) is 5.53. The lowest BCUT2D eigenvalue weighted by molar-refractivity contribution is -0.121. The van der Waals surface area contributed by atoms with E-state index in [0.29, 0.717) is 30.0 Å². The second-order valence-corrected chi connectivity index (χ2v) is 6.39. The Morgan fingerprint density at radius 2 is 1.84 bits per heavy atom. The summed E-state index contributed by atoms with van der Waals surface area (Å²) in [5.74, 6) is -0.713. The SMILES string of the molecule is O=C(CCc1csc(-c2ccccc2F)n1)NCc1ccc(F)cc1. The maximum atomic E-state index is 13.8. The number of carbonyl (C=O) groups is 1. The molecular weight excluding hydrogens is 342 g/mol. The van der Waals surface area contributed by atoms with Crippen molar-refractivity contribution < 1.29 is 13.6 Å². The quantitative estimate of drug-likeness (QED) is 0.712. The molecule has 2 aromatic carbocycles. The highest BCUT2D eigenvalue weighted by atomic mass is 32.1. The van der Waals surface area contributed by atoms with Crippen LogP contribution in [0.2, 0.25) is 0 Å². The molecule has 3 aromatic rings. The number of halogens is 2. The predicted molar refractivity (Wildman–Crippen MR) is 94.1 cm³/mol. The van der Waals surface area contributed by atoms with Gasteiger partial charge in [-0.3, -0.25) is 4.79 Å². The summed E-state index contributed by atoms with van der Waals surface area (Å²) in [6, 6.07) is 12.5. The van der Waals surface area contributed by atoms with Gasteiger partial charge in [0.2, 0.25) is 5.91 Å². The number of thiazole rings is 1. The van der Waals surface area contributed by atoms with Crippen molar-refractivity contribution in [3.63, 3.8) is 0 Å². The van der Waals surface area contributed by atoms with Gasteiger partial charge in [0, 0.05) is 23.9 Å². The van der Waals surface area contributed by atoms with Crippen LogP contribution in [-0.4, -0.2) is 10.9 Å². The molecule has 1 amide bonds. The molecule has 1 N–H and O–H groups in total. The monoisotopic (exact) mass is 358 g/mol. The summed E-state index contributed by atoms with van der Waals surface area (Å²) in [6.45, 7) is 0.358. The van der Waals surface area contributed by atoms with Gasteiger partial charge in [0.15, 0.2) is 0 Å². The molecule has 0 bridgehead atoms. The minimum absolute atomic E-state index is 0.107. The Labute approximate surface area is 148 Å². The van der Waals surface area contributed by atoms with Gasteiger partial charge in [0.25, 0.3) is 0 Å². The minimum atomic E-state index is -0.305. The molecule has 128 valence electrons. The number of carbonyl (C=O) groups excluding carboxylic acids is 1. The average molecular weight is 358 g/mol. The molecule has 3 nitrogen and oxygen atoms in total. The third kappa shape index (κ3) is 4.70. The molecule has 3 rings (SSSR count). The second kappa shape index (κ2) is 7.98. The molecule has 0 saturated carbocycles. The number of rotatable bonds is 6. The van der Waals surface area contributed by atoms with Crippen molar-refractivity contribution in [2.75, 3.05) is 0 Å². The first-order valence-electron chi connectivity index (χ1n) is 7.82. The molecule has 0 atom stereocenters. The fraction of sp³-hybridized carbons (Fsp3) is 0.158. The summed E-state index contributed by atoms with van der Waals surface area (Å²) in [6.07, 6.45) is 0.780. The van der Waals surface area contributed by atoms with Gasteiger partial charge in [-0.15, -0.1) is 11.3 Å². The summed E-state index contributed by atoms with van der Waals surface area (Å²) >= 11 is 1.36. The lowest BCUT2D eigenvalue weighted by Gasteiger charge is -2.04. The van der Waals surface area contributed by atoms with Crippen LogP contribution in [-0.2, 0) is 17.8 Å². The molecule has 25 heavy (non-hydrogen) atoms. The maximum absolute atomic E-state index is 13.8. The van der Waals surface area contributed by atoms with Gasteiger partial charge in [-0.05, 0) is 36.2 Å². The Bertz CT molecular complexity index is 862. The standard InChI is InChI=1S/C19H16F2N2OS/c20-14-7-5-13(6-8-14)11-22-18(24)10-9-15-12-25-19(23-15)16-3-1-2-4-17(16)21/h1-8,12H,9-11H2,(H,22,24). The van der Waals surface area contributed by atoms with E-state index in [2.05, 4.69) is 10.3 Å². The van der Waals surface area contributed by atoms with E-state index in [-0.39, 0.29) is 17.5 Å². The van der Waals surface area contributed by atoms with Crippen molar-refractivity contribution in [2.24, 2.45) is 0 Å². The number of benzene rings is 2. The summed E-state index contributed by atoms with van der Waals surface area (Å²) in [7, 11) is 0. The third-order valence-corrected chi connectivity index (χ3v) is 4.59. The highest BCUT2D eigenvalue weighted by molar-refractivity contribution is 7.13. The van der Waals surface area contributed by atoms with E-state index in [1.165, 1.54) is 29.5 Å². The summed E-state index contributed by atoms with van der Waals surface area (Å²) in [4.78, 5) is 16.3. The van der Waals surface area contributed by atoms with Crippen LogP contribution in [0, 0.1) is 11.6 Å². The van der Waals surface area contributed by atoms with Crippen LogP contribution in [0.25, 0.3) is 10.6 Å². The fourth-order valence-electron chi connectivity index (χ4n) is 2.31. The highest BCUT2D eigenvalue weighted by Crippen LogP contribution is 2.26. The number of aromatic nitrogens is 1. The molecule has 0 spiro atoms. The number of nitrogens with one attached hydrogen (secondary N) is 1. The predicted octanol–water partition coefficient (Wildman–Crippen LogP) is 4.34. The molecule has 0 aliphatic carbocycles. The Balaban J connectivity index is 1.51. The molecule has 0 aliphatic heterocycles. The van der Waals surface area contributed by atoms with Crippen LogP contribution in [0.1, 0.15) is 17.7 Å². The smallest absolute Gasteiger partial charge is 0.220 e. The Morgan fingerprint density at radius 1 is 1.08 bits per heavy atom. The molecular formula is C19H16F2N2OS. The fourth-order valence-corrected chi connectivity index (χ4v) is 3.19. The topological polar surface area (TPSA) is 42.0 Å². The zero-order chi connectivity index (χ0) is 17.6. The van der Waals surface area contributed by atoms with Gasteiger partial charge < -0.3 is 5.32 Å². The van der Waals surface area contributed by atoms with Gasteiger partial charge in [0.1, 0.15) is 16.6 Å². The molecule has 0 fully saturated rings. The number of hydrogen-bond acceptors (Lipinski definition) is 3. The first-order valence-corrected chi connectivity index (χ1v) is 8.70. The van der Waals surface area contributed by atoms with E-state index >= 15 is 0 Å². The Hall–Kier alpha value is -2.60. The highest BCUT2D eigenvalue weighted by Gasteiger charge is 2.10. The Morgan fingerprint density at radius 3 is 2.60 bits per heavy atom. The molecule has 0 radical (unpaired) electrons. The van der Waals surface area contributed by atoms with Crippen molar-refractivity contribution in [2.45, 2.75) is 19.4 Å². The van der Waals surface area contributed by atoms with Crippen molar-refractivity contribution >= 4 is 17.2 Å². The van der Waals surface area contributed by atoms with Crippen LogP contribution >= 0.6 is 11.3 Å². The van der Waals surface area contributed by atoms with E-state index in [1.807, 2.05) is 5.38 Å². The van der Waals surface area contributed by atoms with E-state index in [9.17, 15) is 13.6 Å². The molecule has 0 unspecified atom stereocenters. The van der Waals surface area contributed by atoms with Crippen LogP contribution in [0.3, 0.4) is 0 Å². The van der Waals surface area contributed by atoms with E-state index in [1.54, 1.807) is 30.3 Å². The summed E-state index contributed by atoms with van der Waals surface area (Å²) in [5, 5.41) is 5.24. The lowest BCUT2D eigenvalue weighted by atomic mass is 10.2. The molecule has 0 aliphatic rings. The zero-order valence-corrected chi connectivity index (χ0v) is 14.2. The van der Waals surface area contributed by atoms with Crippen molar-refractivity contribution in [3.05, 3.63) is 76.8 Å². The number of amides is 1. The van der Waals surface area contributed by atoms with Gasteiger partial charge in [-0.2, -0.15) is 0 Å². The molecule has 0 saturated heterocycles. The lowest BCUT2D eigenvalue weighted by Crippen LogP contribution is -2.23. The largest absolute Gasteiger partial charge is 0.352 e. The minimum Gasteiger partial charge on any atom is -0.352 e. The summed E-state index contributed by atoms with van der Waals surface area (Å²) in [5.41, 5.74) is 2.07. The number of aryl methyl sites for hydroxylation is 1. The third-order valence-electron chi connectivity index (χ3n) is 3.67. The zero-order valence-electron chi connectivity index (χ0n) is 13.3. The van der Waals surface area contributed by atoms with Crippen LogP contribution < -0.4 is 5.32 Å². The van der Waals surface area contributed by atoms with Gasteiger partial charge in [0.05, 0.1) is 5.69 Å². The van der Waals surface area contributed by atoms with Crippen molar-refractivity contribution in [1.82, 2.24) is 10.3 Å². The molecule has 6 heteroatoms. The average Bonchev–Trinajstić information content (AvgIpc) is 3.08. The van der Waals surface area contributed by atoms with E-state index in [4.69, 9.17) is 0 Å². The molecule has 1 aromatic heterocycles. The van der Waals surface area contributed by atoms with Gasteiger partial charge in [-0.1, -0.05) is 24.3 Å². The van der Waals surface area contributed by atoms with Crippen LogP contribution in [0.4, 0.5) is 8.78 Å². The van der Waals surface area contributed by atoms with Gasteiger partial charge >= 0.3 is 0 Å². The van der Waals surface area contributed by atoms with Crippen molar-refractivity contribution in [3.8, 4) is 10.6 Å². The normalized spacial score (nSPS) is 10.6. The molecule has 1 heterocycles. The first kappa shape index (κ1) is 17.2. The van der Waals surface area contributed by atoms with E-state index < -0.39 is 0 Å².